The van der Waals surface area contributed by atoms with E-state index in [1.54, 1.807) is 13.0 Å². The summed E-state index contributed by atoms with van der Waals surface area (Å²) in [6.45, 7) is 3.36. The Kier molecular flexibility index (Phi) is 6.28. The van der Waals surface area contributed by atoms with Gasteiger partial charge < -0.3 is 15.5 Å². The average Bonchev–Trinajstić information content (AvgIpc) is 2.74. The van der Waals surface area contributed by atoms with Crippen LogP contribution < -0.4 is 10.6 Å². The summed E-state index contributed by atoms with van der Waals surface area (Å²) in [6, 6.07) is 6.12. The van der Waals surface area contributed by atoms with Gasteiger partial charge in [-0.1, -0.05) is 18.2 Å². The van der Waals surface area contributed by atoms with Crippen LogP contribution in [0.2, 0.25) is 0 Å². The fraction of sp³-hybridized carbons (Fsp3) is 0.519. The van der Waals surface area contributed by atoms with Gasteiger partial charge in [0.15, 0.2) is 0 Å². The highest BCUT2D eigenvalue weighted by Crippen LogP contribution is 2.65. The number of likely N-dealkylation sites (tertiary alicyclic amines) is 1. The lowest BCUT2D eigenvalue weighted by molar-refractivity contribution is -0.0300. The van der Waals surface area contributed by atoms with Crippen LogP contribution in [0.1, 0.15) is 78.5 Å². The second kappa shape index (κ2) is 9.12. The van der Waals surface area contributed by atoms with Crippen molar-refractivity contribution in [3.05, 3.63) is 64.2 Å². The van der Waals surface area contributed by atoms with Gasteiger partial charge in [-0.05, 0) is 88.2 Å². The molecular formula is C27H31F4N3O. The second-order valence-corrected chi connectivity index (χ2v) is 10.6. The molecule has 2 N–H and O–H groups in total. The SMILES string of the molecule is C[C@@H](NC(=O)c1cc(C23CC(C2)C3)c(F)cc1NC1CCN(C)CC1)c1cccc(C(F)F)c1F. The minimum Gasteiger partial charge on any atom is -0.381 e. The maximum absolute atomic E-state index is 15.3. The number of carbonyl (C=O) groups is 1. The third-order valence-corrected chi connectivity index (χ3v) is 8.15. The van der Waals surface area contributed by atoms with Crippen molar-refractivity contribution in [3.63, 3.8) is 0 Å². The van der Waals surface area contributed by atoms with Gasteiger partial charge in [-0.3, -0.25) is 4.79 Å². The molecule has 3 aliphatic carbocycles. The predicted octanol–water partition coefficient (Wildman–Crippen LogP) is 5.95. The lowest BCUT2D eigenvalue weighted by atomic mass is 9.42. The fourth-order valence-electron chi connectivity index (χ4n) is 5.89. The number of nitrogens with zero attached hydrogens (tertiary/aromatic N) is 1. The van der Waals surface area contributed by atoms with Gasteiger partial charge in [0, 0.05) is 11.6 Å². The van der Waals surface area contributed by atoms with Crippen LogP contribution in [-0.2, 0) is 5.41 Å². The van der Waals surface area contributed by atoms with Crippen molar-refractivity contribution in [3.8, 4) is 0 Å². The number of nitrogens with one attached hydrogen (secondary N) is 2. The zero-order chi connectivity index (χ0) is 24.9. The fourth-order valence-corrected chi connectivity index (χ4v) is 5.89. The summed E-state index contributed by atoms with van der Waals surface area (Å²) in [6.07, 6.45) is 1.61. The van der Waals surface area contributed by atoms with Crippen molar-refractivity contribution in [1.82, 2.24) is 10.2 Å². The predicted molar refractivity (Wildman–Crippen MR) is 127 cm³/mol. The lowest BCUT2D eigenvalue weighted by Gasteiger charge is -2.62. The number of rotatable bonds is 7. The summed E-state index contributed by atoms with van der Waals surface area (Å²) in [4.78, 5) is 15.7. The van der Waals surface area contributed by atoms with Crippen LogP contribution in [0, 0.1) is 17.6 Å². The van der Waals surface area contributed by atoms with Crippen molar-refractivity contribution in [2.75, 3.05) is 25.5 Å². The third kappa shape index (κ3) is 4.41. The highest BCUT2D eigenvalue weighted by molar-refractivity contribution is 6.00. The van der Waals surface area contributed by atoms with Gasteiger partial charge in [-0.2, -0.15) is 0 Å². The first-order valence-electron chi connectivity index (χ1n) is 12.3. The number of hydrogen-bond acceptors (Lipinski definition) is 3. The maximum Gasteiger partial charge on any atom is 0.266 e. The van der Waals surface area contributed by atoms with Crippen LogP contribution in [-0.4, -0.2) is 37.0 Å². The molecule has 1 saturated heterocycles. The summed E-state index contributed by atoms with van der Waals surface area (Å²) in [5, 5.41) is 6.12. The van der Waals surface area contributed by atoms with E-state index in [0.29, 0.717) is 22.7 Å². The molecule has 1 heterocycles. The van der Waals surface area contributed by atoms with Gasteiger partial charge >= 0.3 is 0 Å². The molecule has 2 aromatic carbocycles. The Balaban J connectivity index is 1.43. The van der Waals surface area contributed by atoms with Crippen LogP contribution in [0.3, 0.4) is 0 Å². The Bertz CT molecular complexity index is 1110. The molecule has 4 nitrogen and oxygen atoms in total. The van der Waals surface area contributed by atoms with Crippen molar-refractivity contribution in [1.29, 1.82) is 0 Å². The Morgan fingerprint density at radius 3 is 2.34 bits per heavy atom. The van der Waals surface area contributed by atoms with Gasteiger partial charge in [0.1, 0.15) is 11.6 Å². The molecule has 188 valence electrons. The van der Waals surface area contributed by atoms with Crippen molar-refractivity contribution in [2.45, 2.75) is 63.0 Å². The second-order valence-electron chi connectivity index (χ2n) is 10.6. The molecule has 8 heteroatoms. The van der Waals surface area contributed by atoms with E-state index in [4.69, 9.17) is 0 Å². The zero-order valence-electron chi connectivity index (χ0n) is 20.0. The first kappa shape index (κ1) is 24.1. The van der Waals surface area contributed by atoms with Gasteiger partial charge in [0.2, 0.25) is 0 Å². The Hall–Kier alpha value is -2.61. The zero-order valence-corrected chi connectivity index (χ0v) is 20.0. The standard InChI is InChI=1S/C27H31F4N3O/c1-15(18-4-3-5-19(24(18)29)25(30)31)32-26(35)20-10-21(27-12-16(13-27)14-27)22(28)11-23(20)33-17-6-8-34(2)9-7-17/h3-5,10-11,15-17,25,33H,6-9,12-14H2,1-2H3,(H,32,35)/t15-,16?,27?/m1/s1. The molecule has 0 aromatic heterocycles. The Morgan fingerprint density at radius 2 is 1.74 bits per heavy atom. The number of amides is 1. The number of halogens is 4. The molecule has 35 heavy (non-hydrogen) atoms. The van der Waals surface area contributed by atoms with Crippen LogP contribution in [0.5, 0.6) is 0 Å². The molecule has 0 unspecified atom stereocenters. The first-order valence-corrected chi connectivity index (χ1v) is 12.3. The molecule has 6 rings (SSSR count). The first-order chi connectivity index (χ1) is 16.7. The van der Waals surface area contributed by atoms with E-state index in [2.05, 4.69) is 22.6 Å². The number of carbonyl (C=O) groups excluding carboxylic acids is 1. The smallest absolute Gasteiger partial charge is 0.266 e. The molecule has 1 atom stereocenters. The third-order valence-electron chi connectivity index (χ3n) is 8.15. The molecule has 4 aliphatic rings. The van der Waals surface area contributed by atoms with E-state index >= 15 is 4.39 Å². The summed E-state index contributed by atoms with van der Waals surface area (Å²) in [5.74, 6) is -1.16. The average molecular weight is 490 g/mol. The normalized spacial score (nSPS) is 25.1. The van der Waals surface area contributed by atoms with Gasteiger partial charge in [0.25, 0.3) is 12.3 Å². The minimum absolute atomic E-state index is 0.0114. The largest absolute Gasteiger partial charge is 0.381 e. The molecule has 1 aliphatic heterocycles. The molecule has 1 amide bonds. The van der Waals surface area contributed by atoms with E-state index in [-0.39, 0.29) is 22.8 Å². The van der Waals surface area contributed by atoms with E-state index in [1.165, 1.54) is 18.2 Å². The minimum atomic E-state index is -2.95. The number of hydrogen-bond donors (Lipinski definition) is 2. The quantitative estimate of drug-likeness (QED) is 0.473. The number of anilines is 1. The highest BCUT2D eigenvalue weighted by atomic mass is 19.3. The number of alkyl halides is 2. The van der Waals surface area contributed by atoms with Crippen molar-refractivity contribution in [2.24, 2.45) is 5.92 Å². The highest BCUT2D eigenvalue weighted by Gasteiger charge is 2.58. The van der Waals surface area contributed by atoms with Crippen molar-refractivity contribution < 1.29 is 22.4 Å². The van der Waals surface area contributed by atoms with Crippen molar-refractivity contribution >= 4 is 11.6 Å². The van der Waals surface area contributed by atoms with Crippen LogP contribution in [0.15, 0.2) is 30.3 Å². The molecular weight excluding hydrogens is 458 g/mol. The maximum atomic E-state index is 15.3. The van der Waals surface area contributed by atoms with Gasteiger partial charge in [-0.15, -0.1) is 0 Å². The molecule has 2 aromatic rings. The van der Waals surface area contributed by atoms with Crippen LogP contribution >= 0.6 is 0 Å². The summed E-state index contributed by atoms with van der Waals surface area (Å²) in [5.41, 5.74) is 0.404. The molecule has 2 bridgehead atoms. The summed E-state index contributed by atoms with van der Waals surface area (Å²) < 4.78 is 56.3. The Morgan fingerprint density at radius 1 is 1.09 bits per heavy atom. The van der Waals surface area contributed by atoms with Crippen LogP contribution in [0.25, 0.3) is 0 Å². The van der Waals surface area contributed by atoms with Gasteiger partial charge in [-0.25, -0.2) is 17.6 Å². The van der Waals surface area contributed by atoms with Crippen LogP contribution in [0.4, 0.5) is 23.2 Å². The van der Waals surface area contributed by atoms with E-state index in [9.17, 15) is 18.0 Å². The Labute approximate surface area is 203 Å². The summed E-state index contributed by atoms with van der Waals surface area (Å²) >= 11 is 0. The van der Waals surface area contributed by atoms with Gasteiger partial charge in [0.05, 0.1) is 22.9 Å². The van der Waals surface area contributed by atoms with E-state index in [0.717, 1.165) is 51.3 Å². The van der Waals surface area contributed by atoms with E-state index < -0.39 is 29.8 Å². The molecule has 4 fully saturated rings. The monoisotopic (exact) mass is 489 g/mol. The molecule has 0 spiro atoms. The molecule has 3 saturated carbocycles. The number of piperidine rings is 1. The molecule has 0 radical (unpaired) electrons. The lowest BCUT2D eigenvalue weighted by Crippen LogP contribution is -2.55. The summed E-state index contributed by atoms with van der Waals surface area (Å²) in [7, 11) is 2.05. The van der Waals surface area contributed by atoms with E-state index in [1.807, 2.05) is 0 Å². The topological polar surface area (TPSA) is 44.4 Å². The number of benzene rings is 2.